The van der Waals surface area contributed by atoms with Crippen LogP contribution < -0.4 is 11.1 Å². The van der Waals surface area contributed by atoms with Gasteiger partial charge in [-0.25, -0.2) is 8.42 Å². The number of nitrogens with one attached hydrogen (secondary N) is 1. The van der Waals surface area contributed by atoms with Crippen LogP contribution in [0.4, 0.5) is 0 Å². The zero-order valence-corrected chi connectivity index (χ0v) is 26.3. The van der Waals surface area contributed by atoms with E-state index in [4.69, 9.17) is 40.5 Å². The van der Waals surface area contributed by atoms with Crippen molar-refractivity contribution in [2.45, 2.75) is 35.9 Å². The SMILES string of the molecule is NC(=O)[C@H](Cc1ccccc1)NC(=O)C1=CCC(c2cccc(Cl)c2)N(S(=O)(=O)c2ccc(Cl)cc2)C1c1cccc(Cl)c1. The predicted octanol–water partition coefficient (Wildman–Crippen LogP) is 6.66. The Hall–Kier alpha value is -3.66. The zero-order valence-electron chi connectivity index (χ0n) is 23.2. The van der Waals surface area contributed by atoms with Crippen molar-refractivity contribution in [3.63, 3.8) is 0 Å². The van der Waals surface area contributed by atoms with Crippen molar-refractivity contribution in [1.29, 1.82) is 0 Å². The molecular weight excluding hydrogens is 641 g/mol. The Labute approximate surface area is 271 Å². The van der Waals surface area contributed by atoms with Crippen LogP contribution >= 0.6 is 34.8 Å². The lowest BCUT2D eigenvalue weighted by Gasteiger charge is -2.41. The van der Waals surface area contributed by atoms with Crippen molar-refractivity contribution in [2.24, 2.45) is 5.73 Å². The van der Waals surface area contributed by atoms with Gasteiger partial charge in [0.15, 0.2) is 0 Å². The van der Waals surface area contributed by atoms with E-state index in [1.54, 1.807) is 54.6 Å². The second kappa shape index (κ2) is 13.5. The highest BCUT2D eigenvalue weighted by molar-refractivity contribution is 7.89. The summed E-state index contributed by atoms with van der Waals surface area (Å²) in [6, 6.07) is 25.7. The van der Waals surface area contributed by atoms with Gasteiger partial charge in [0, 0.05) is 27.1 Å². The Bertz CT molecular complexity index is 1820. The first-order valence-corrected chi connectivity index (χ1v) is 16.3. The molecule has 0 aromatic heterocycles. The number of hydrogen-bond acceptors (Lipinski definition) is 4. The lowest BCUT2D eigenvalue weighted by atomic mass is 9.88. The topological polar surface area (TPSA) is 110 Å². The molecule has 226 valence electrons. The maximum Gasteiger partial charge on any atom is 0.249 e. The van der Waals surface area contributed by atoms with Crippen LogP contribution in [-0.4, -0.2) is 30.6 Å². The highest BCUT2D eigenvalue weighted by atomic mass is 35.5. The fourth-order valence-electron chi connectivity index (χ4n) is 5.34. The molecule has 0 saturated carbocycles. The summed E-state index contributed by atoms with van der Waals surface area (Å²) < 4.78 is 30.4. The van der Waals surface area contributed by atoms with Crippen LogP contribution in [-0.2, 0) is 26.0 Å². The van der Waals surface area contributed by atoms with Crippen LogP contribution in [0.25, 0.3) is 0 Å². The monoisotopic (exact) mass is 667 g/mol. The number of sulfonamides is 1. The molecule has 4 aromatic carbocycles. The second-order valence-corrected chi connectivity index (χ2v) is 13.5. The van der Waals surface area contributed by atoms with Crippen molar-refractivity contribution in [3.8, 4) is 0 Å². The maximum atomic E-state index is 14.6. The van der Waals surface area contributed by atoms with E-state index in [0.717, 1.165) is 5.56 Å². The van der Waals surface area contributed by atoms with E-state index in [2.05, 4.69) is 5.32 Å². The third kappa shape index (κ3) is 7.01. The van der Waals surface area contributed by atoms with Gasteiger partial charge in [0.2, 0.25) is 21.8 Å². The zero-order chi connectivity index (χ0) is 31.4. The summed E-state index contributed by atoms with van der Waals surface area (Å²) in [5, 5.41) is 3.92. The highest BCUT2D eigenvalue weighted by Gasteiger charge is 2.45. The van der Waals surface area contributed by atoms with Crippen LogP contribution in [0.15, 0.2) is 120 Å². The van der Waals surface area contributed by atoms with Gasteiger partial charge in [-0.15, -0.1) is 0 Å². The minimum Gasteiger partial charge on any atom is -0.368 e. The number of primary amides is 1. The molecule has 2 amide bonds. The molecule has 2 unspecified atom stereocenters. The average molecular weight is 669 g/mol. The largest absolute Gasteiger partial charge is 0.368 e. The van der Waals surface area contributed by atoms with Crippen molar-refractivity contribution < 1.29 is 18.0 Å². The highest BCUT2D eigenvalue weighted by Crippen LogP contribution is 2.46. The molecule has 3 atom stereocenters. The standard InChI is InChI=1S/C33H28Cl3N3O4S/c34-24-12-14-27(15-13-24)44(42,43)39-30(22-8-4-10-25(35)19-22)17-16-28(31(39)23-9-5-11-26(36)20-23)33(41)38-29(32(37)40)18-21-6-2-1-3-7-21/h1-16,19-20,29-31H,17-18H2,(H2,37,40)(H,38,41)/t29-,30?,31?/m0/s1. The molecular formula is C33H28Cl3N3O4S. The Kier molecular flexibility index (Phi) is 9.78. The Balaban J connectivity index is 1.65. The molecule has 0 bridgehead atoms. The summed E-state index contributed by atoms with van der Waals surface area (Å²) >= 11 is 18.8. The fourth-order valence-corrected chi connectivity index (χ4v) is 7.64. The molecule has 1 aliphatic heterocycles. The fraction of sp³-hybridized carbons (Fsp3) is 0.152. The Morgan fingerprint density at radius 2 is 1.43 bits per heavy atom. The summed E-state index contributed by atoms with van der Waals surface area (Å²) in [4.78, 5) is 26.5. The number of hydrogen-bond donors (Lipinski definition) is 2. The van der Waals surface area contributed by atoms with E-state index < -0.39 is 40.0 Å². The summed E-state index contributed by atoms with van der Waals surface area (Å²) in [5.41, 5.74) is 7.73. The van der Waals surface area contributed by atoms with E-state index in [1.165, 1.54) is 28.6 Å². The minimum absolute atomic E-state index is 0.0123. The van der Waals surface area contributed by atoms with Crippen molar-refractivity contribution in [2.75, 3.05) is 0 Å². The summed E-state index contributed by atoms with van der Waals surface area (Å²) in [6.07, 6.45) is 2.00. The van der Waals surface area contributed by atoms with Gasteiger partial charge < -0.3 is 11.1 Å². The molecule has 0 radical (unpaired) electrons. The lowest BCUT2D eigenvalue weighted by Crippen LogP contribution is -2.49. The van der Waals surface area contributed by atoms with Crippen LogP contribution in [0.3, 0.4) is 0 Å². The number of nitrogens with two attached hydrogens (primary N) is 1. The number of benzene rings is 4. The second-order valence-electron chi connectivity index (χ2n) is 10.3. The molecule has 1 heterocycles. The van der Waals surface area contributed by atoms with Gasteiger partial charge in [-0.2, -0.15) is 4.31 Å². The number of carbonyl (C=O) groups excluding carboxylic acids is 2. The smallest absolute Gasteiger partial charge is 0.249 e. The van der Waals surface area contributed by atoms with Gasteiger partial charge in [-0.05, 0) is 71.6 Å². The molecule has 1 aliphatic rings. The van der Waals surface area contributed by atoms with Crippen LogP contribution in [0.1, 0.15) is 35.2 Å². The van der Waals surface area contributed by atoms with Crippen LogP contribution in [0.5, 0.6) is 0 Å². The number of halogens is 3. The van der Waals surface area contributed by atoms with E-state index >= 15 is 0 Å². The van der Waals surface area contributed by atoms with E-state index in [9.17, 15) is 18.0 Å². The predicted molar refractivity (Wildman–Crippen MR) is 173 cm³/mol. The van der Waals surface area contributed by atoms with Crippen LogP contribution in [0, 0.1) is 0 Å². The van der Waals surface area contributed by atoms with Gasteiger partial charge in [-0.3, -0.25) is 9.59 Å². The molecule has 0 fully saturated rings. The number of carbonyl (C=O) groups is 2. The average Bonchev–Trinajstić information content (AvgIpc) is 3.00. The molecule has 0 spiro atoms. The third-order valence-corrected chi connectivity index (χ3v) is 10.0. The first-order valence-electron chi connectivity index (χ1n) is 13.7. The Morgan fingerprint density at radius 3 is 2.05 bits per heavy atom. The van der Waals surface area contributed by atoms with Crippen molar-refractivity contribution in [1.82, 2.24) is 9.62 Å². The molecule has 0 saturated heterocycles. The summed E-state index contributed by atoms with van der Waals surface area (Å²) in [6.45, 7) is 0. The normalized spacial score (nSPS) is 17.8. The van der Waals surface area contributed by atoms with E-state index in [1.807, 2.05) is 30.3 Å². The van der Waals surface area contributed by atoms with Crippen molar-refractivity contribution >= 4 is 56.6 Å². The number of nitrogens with zero attached hydrogens (tertiary/aromatic N) is 1. The molecule has 11 heteroatoms. The Morgan fingerprint density at radius 1 is 0.818 bits per heavy atom. The molecule has 4 aromatic rings. The third-order valence-electron chi connectivity index (χ3n) is 7.40. The van der Waals surface area contributed by atoms with Gasteiger partial charge in [0.25, 0.3) is 0 Å². The molecule has 5 rings (SSSR count). The molecule has 0 aliphatic carbocycles. The lowest BCUT2D eigenvalue weighted by molar-refractivity contribution is -0.125. The summed E-state index contributed by atoms with van der Waals surface area (Å²) in [7, 11) is -4.28. The summed E-state index contributed by atoms with van der Waals surface area (Å²) in [5.74, 6) is -1.35. The number of amides is 2. The quantitative estimate of drug-likeness (QED) is 0.208. The molecule has 3 N–H and O–H groups in total. The molecule has 7 nitrogen and oxygen atoms in total. The van der Waals surface area contributed by atoms with Crippen LogP contribution in [0.2, 0.25) is 15.1 Å². The van der Waals surface area contributed by atoms with Gasteiger partial charge in [0.1, 0.15) is 6.04 Å². The number of rotatable bonds is 9. The maximum absolute atomic E-state index is 14.6. The first-order chi connectivity index (χ1) is 21.0. The van der Waals surface area contributed by atoms with E-state index in [-0.39, 0.29) is 23.3 Å². The van der Waals surface area contributed by atoms with Crippen molar-refractivity contribution in [3.05, 3.63) is 147 Å². The molecule has 44 heavy (non-hydrogen) atoms. The van der Waals surface area contributed by atoms with Gasteiger partial charge in [-0.1, -0.05) is 95.5 Å². The van der Waals surface area contributed by atoms with Gasteiger partial charge in [0.05, 0.1) is 17.0 Å². The van der Waals surface area contributed by atoms with E-state index in [0.29, 0.717) is 26.2 Å². The van der Waals surface area contributed by atoms with Gasteiger partial charge >= 0.3 is 0 Å². The minimum atomic E-state index is -4.28. The first kappa shape index (κ1) is 31.8.